The van der Waals surface area contributed by atoms with E-state index >= 15 is 0 Å². The van der Waals surface area contributed by atoms with E-state index in [1.807, 2.05) is 36.9 Å². The number of aromatic nitrogens is 2. The molecule has 2 amide bonds. The fraction of sp³-hybridized carbons (Fsp3) is 0.647. The Kier molecular flexibility index (Phi) is 5.08. The maximum Gasteiger partial charge on any atom is 0.233 e. The molecule has 0 N–H and O–H groups in total. The second kappa shape index (κ2) is 7.09. The lowest BCUT2D eigenvalue weighted by Crippen LogP contribution is -2.40. The van der Waals surface area contributed by atoms with Gasteiger partial charge in [0.15, 0.2) is 5.16 Å². The molecule has 0 radical (unpaired) electrons. The molecule has 7 heteroatoms. The van der Waals surface area contributed by atoms with Crippen molar-refractivity contribution < 1.29 is 9.59 Å². The molecule has 1 aliphatic carbocycles. The molecule has 1 saturated carbocycles. The first-order chi connectivity index (χ1) is 11.4. The van der Waals surface area contributed by atoms with Gasteiger partial charge >= 0.3 is 0 Å². The van der Waals surface area contributed by atoms with Gasteiger partial charge in [-0.05, 0) is 37.7 Å². The smallest absolute Gasteiger partial charge is 0.233 e. The van der Waals surface area contributed by atoms with Gasteiger partial charge in [-0.15, -0.1) is 0 Å². The Morgan fingerprint density at radius 3 is 2.92 bits per heavy atom. The summed E-state index contributed by atoms with van der Waals surface area (Å²) in [5.74, 6) is 1.65. The van der Waals surface area contributed by atoms with Crippen LogP contribution in [-0.4, -0.2) is 64.0 Å². The third-order valence-electron chi connectivity index (χ3n) is 5.23. The highest BCUT2D eigenvalue weighted by atomic mass is 32.2. The normalized spacial score (nSPS) is 26.4. The van der Waals surface area contributed by atoms with Crippen molar-refractivity contribution in [3.63, 3.8) is 0 Å². The number of piperidine rings is 1. The minimum atomic E-state index is 0.105. The van der Waals surface area contributed by atoms with Gasteiger partial charge in [0.05, 0.1) is 5.75 Å². The van der Waals surface area contributed by atoms with Crippen molar-refractivity contribution in [1.29, 1.82) is 0 Å². The van der Waals surface area contributed by atoms with Crippen LogP contribution in [0.2, 0.25) is 0 Å². The number of fused-ring (bicyclic) bond motifs is 1. The maximum absolute atomic E-state index is 12.5. The molecule has 1 aliphatic heterocycles. The summed E-state index contributed by atoms with van der Waals surface area (Å²) in [4.78, 5) is 36.6. The number of nitrogens with zero attached hydrogens (tertiary/aromatic N) is 4. The number of thioether (sulfide) groups is 1. The van der Waals surface area contributed by atoms with Crippen molar-refractivity contribution >= 4 is 23.6 Å². The topological polar surface area (TPSA) is 66.4 Å². The van der Waals surface area contributed by atoms with Crippen LogP contribution in [0.4, 0.5) is 0 Å². The van der Waals surface area contributed by atoms with Crippen LogP contribution in [0.25, 0.3) is 0 Å². The van der Waals surface area contributed by atoms with Gasteiger partial charge in [0.25, 0.3) is 0 Å². The summed E-state index contributed by atoms with van der Waals surface area (Å²) in [7, 11) is 3.76. The minimum Gasteiger partial charge on any atom is -0.345 e. The number of likely N-dealkylation sites (tertiary alicyclic amines) is 1. The molecule has 2 heterocycles. The Hall–Kier alpha value is -1.63. The van der Waals surface area contributed by atoms with Crippen LogP contribution in [0.1, 0.15) is 25.0 Å². The third-order valence-corrected chi connectivity index (χ3v) is 6.07. The highest BCUT2D eigenvalue weighted by Crippen LogP contribution is 2.40. The summed E-state index contributed by atoms with van der Waals surface area (Å²) in [5, 5.41) is 0.643. The minimum absolute atomic E-state index is 0.105. The maximum atomic E-state index is 12.5. The van der Waals surface area contributed by atoms with E-state index in [4.69, 9.17) is 0 Å². The Balaban J connectivity index is 1.54. The zero-order chi connectivity index (χ0) is 17.3. The number of carbonyl (C=O) groups is 2. The van der Waals surface area contributed by atoms with Gasteiger partial charge in [-0.1, -0.05) is 11.8 Å². The summed E-state index contributed by atoms with van der Waals surface area (Å²) in [6.45, 7) is 2.74. The molecule has 0 spiro atoms. The lowest BCUT2D eigenvalue weighted by Gasteiger charge is -2.31. The molecule has 6 nitrogen and oxygen atoms in total. The Morgan fingerprint density at radius 1 is 1.42 bits per heavy atom. The molecule has 3 rings (SSSR count). The summed E-state index contributed by atoms with van der Waals surface area (Å²) in [6, 6.07) is 2.09. The van der Waals surface area contributed by atoms with Crippen LogP contribution in [0.5, 0.6) is 0 Å². The van der Waals surface area contributed by atoms with Gasteiger partial charge in [-0.25, -0.2) is 9.97 Å². The third kappa shape index (κ3) is 3.71. The largest absolute Gasteiger partial charge is 0.345 e. The molecular formula is C17H24N4O2S. The molecular weight excluding hydrogens is 324 g/mol. The molecule has 24 heavy (non-hydrogen) atoms. The van der Waals surface area contributed by atoms with Gasteiger partial charge in [0.2, 0.25) is 11.8 Å². The van der Waals surface area contributed by atoms with E-state index in [0.717, 1.165) is 25.1 Å². The van der Waals surface area contributed by atoms with Crippen LogP contribution in [0, 0.1) is 18.8 Å². The van der Waals surface area contributed by atoms with E-state index in [9.17, 15) is 9.59 Å². The average molecular weight is 348 g/mol. The van der Waals surface area contributed by atoms with Crippen molar-refractivity contribution in [1.82, 2.24) is 19.8 Å². The molecule has 0 bridgehead atoms. The standard InChI is InChI=1S/C17H24N4O2S/c1-11-4-5-18-17(19-11)24-10-16(23)21(3)14-6-12-8-15(22)20(2)9-13(12)7-14/h4-5,12-14H,6-10H2,1-3H3/t12-,13+,14-/m1/s1. The van der Waals surface area contributed by atoms with Crippen LogP contribution in [0.3, 0.4) is 0 Å². The predicted octanol–water partition coefficient (Wildman–Crippen LogP) is 1.59. The number of hydrogen-bond donors (Lipinski definition) is 0. The SMILES string of the molecule is Cc1ccnc(SCC(=O)N(C)[C@@H]2C[C@@H]3CC(=O)N(C)C[C@@H]3C2)n1. The summed E-state index contributed by atoms with van der Waals surface area (Å²) < 4.78 is 0. The average Bonchev–Trinajstić information content (AvgIpc) is 2.95. The summed E-state index contributed by atoms with van der Waals surface area (Å²) in [5.41, 5.74) is 0.905. The number of aryl methyl sites for hydroxylation is 1. The van der Waals surface area contributed by atoms with Crippen molar-refractivity contribution in [2.45, 2.75) is 37.4 Å². The first-order valence-electron chi connectivity index (χ1n) is 8.36. The molecule has 1 aromatic rings. The Labute approximate surface area is 147 Å². The van der Waals surface area contributed by atoms with E-state index in [1.165, 1.54) is 11.8 Å². The van der Waals surface area contributed by atoms with Crippen molar-refractivity contribution in [2.24, 2.45) is 11.8 Å². The number of rotatable bonds is 4. The van der Waals surface area contributed by atoms with Crippen molar-refractivity contribution in [3.8, 4) is 0 Å². The molecule has 0 aromatic carbocycles. The van der Waals surface area contributed by atoms with Gasteiger partial charge in [-0.2, -0.15) is 0 Å². The van der Waals surface area contributed by atoms with Gasteiger partial charge in [0.1, 0.15) is 0 Å². The second-order valence-electron chi connectivity index (χ2n) is 6.90. The zero-order valence-electron chi connectivity index (χ0n) is 14.4. The van der Waals surface area contributed by atoms with Crippen molar-refractivity contribution in [3.05, 3.63) is 18.0 Å². The Morgan fingerprint density at radius 2 is 2.17 bits per heavy atom. The van der Waals surface area contributed by atoms with E-state index in [-0.39, 0.29) is 17.9 Å². The van der Waals surface area contributed by atoms with E-state index in [1.54, 1.807) is 6.20 Å². The number of hydrogen-bond acceptors (Lipinski definition) is 5. The Bertz CT molecular complexity index is 639. The molecule has 2 fully saturated rings. The van der Waals surface area contributed by atoms with Crippen LogP contribution in [0.15, 0.2) is 17.4 Å². The van der Waals surface area contributed by atoms with Crippen LogP contribution < -0.4 is 0 Å². The molecule has 0 unspecified atom stereocenters. The highest BCUT2D eigenvalue weighted by molar-refractivity contribution is 7.99. The number of amides is 2. The first-order valence-corrected chi connectivity index (χ1v) is 9.34. The molecule has 130 valence electrons. The molecule has 3 atom stereocenters. The van der Waals surface area contributed by atoms with E-state index < -0.39 is 0 Å². The fourth-order valence-electron chi connectivity index (χ4n) is 3.73. The van der Waals surface area contributed by atoms with Gasteiger partial charge in [0, 0.05) is 45.0 Å². The van der Waals surface area contributed by atoms with Crippen molar-refractivity contribution in [2.75, 3.05) is 26.4 Å². The van der Waals surface area contributed by atoms with E-state index in [2.05, 4.69) is 9.97 Å². The van der Waals surface area contributed by atoms with Crippen LogP contribution in [-0.2, 0) is 9.59 Å². The molecule has 2 aliphatic rings. The predicted molar refractivity (Wildman–Crippen MR) is 92.5 cm³/mol. The monoisotopic (exact) mass is 348 g/mol. The lowest BCUT2D eigenvalue weighted by molar-refractivity contribution is -0.135. The van der Waals surface area contributed by atoms with Gasteiger partial charge < -0.3 is 9.80 Å². The zero-order valence-corrected chi connectivity index (χ0v) is 15.3. The fourth-order valence-corrected chi connectivity index (χ4v) is 4.53. The first kappa shape index (κ1) is 17.2. The van der Waals surface area contributed by atoms with Gasteiger partial charge in [-0.3, -0.25) is 9.59 Å². The number of carbonyl (C=O) groups excluding carboxylic acids is 2. The molecule has 1 aromatic heterocycles. The second-order valence-corrected chi connectivity index (χ2v) is 7.84. The lowest BCUT2D eigenvalue weighted by atomic mass is 9.88. The quantitative estimate of drug-likeness (QED) is 0.611. The highest BCUT2D eigenvalue weighted by Gasteiger charge is 2.42. The van der Waals surface area contributed by atoms with E-state index in [0.29, 0.717) is 29.2 Å². The van der Waals surface area contributed by atoms with Crippen LogP contribution >= 0.6 is 11.8 Å². The molecule has 1 saturated heterocycles. The summed E-state index contributed by atoms with van der Waals surface area (Å²) >= 11 is 1.38. The summed E-state index contributed by atoms with van der Waals surface area (Å²) in [6.07, 6.45) is 4.29.